The zero-order chi connectivity index (χ0) is 21.1. The van der Waals surface area contributed by atoms with E-state index in [4.69, 9.17) is 5.11 Å². The molecular formula is C21H16N4O4S. The Balaban J connectivity index is 1.80. The maximum Gasteiger partial charge on any atom is 0.409 e. The van der Waals surface area contributed by atoms with Crippen LogP contribution in [0.15, 0.2) is 78.0 Å². The van der Waals surface area contributed by atoms with Gasteiger partial charge in [0.05, 0.1) is 20.8 Å². The number of H-pyrrole nitrogens is 1. The molecule has 1 unspecified atom stereocenters. The van der Waals surface area contributed by atoms with Crippen LogP contribution in [0.1, 0.15) is 16.5 Å². The number of nitrogens with zero attached hydrogens (tertiary/aromatic N) is 2. The van der Waals surface area contributed by atoms with E-state index in [9.17, 15) is 14.9 Å². The maximum atomic E-state index is 11.5. The van der Waals surface area contributed by atoms with E-state index < -0.39 is 11.0 Å². The van der Waals surface area contributed by atoms with Gasteiger partial charge in [-0.05, 0) is 35.9 Å². The Kier molecular flexibility index (Phi) is 5.36. The normalized spacial score (nSPS) is 11.9. The quantitative estimate of drug-likeness (QED) is 0.217. The summed E-state index contributed by atoms with van der Waals surface area (Å²) in [5.74, 6) is 0. The Morgan fingerprint density at radius 3 is 2.70 bits per heavy atom. The Morgan fingerprint density at radius 1 is 1.17 bits per heavy atom. The van der Waals surface area contributed by atoms with E-state index in [2.05, 4.69) is 15.3 Å². The molecule has 0 fully saturated rings. The summed E-state index contributed by atoms with van der Waals surface area (Å²) in [5.41, 5.74) is 2.89. The predicted octanol–water partition coefficient (Wildman–Crippen LogP) is 5.44. The molecular weight excluding hydrogens is 404 g/mol. The van der Waals surface area contributed by atoms with E-state index in [0.717, 1.165) is 22.2 Å². The van der Waals surface area contributed by atoms with Crippen LogP contribution in [0.4, 0.5) is 16.2 Å². The number of nitro benzene ring substituents is 1. The molecule has 2 heterocycles. The van der Waals surface area contributed by atoms with Crippen LogP contribution in [-0.4, -0.2) is 26.1 Å². The van der Waals surface area contributed by atoms with Gasteiger partial charge in [0.15, 0.2) is 0 Å². The van der Waals surface area contributed by atoms with Crippen molar-refractivity contribution < 1.29 is 14.8 Å². The number of amides is 1. The number of hydrogen-bond donors (Lipinski definition) is 3. The lowest BCUT2D eigenvalue weighted by Crippen LogP contribution is -2.06. The molecule has 3 N–H and O–H groups in total. The standard InChI is InChI=1S/C21H16N4O4S/c26-21(27)24-13-8-9-14-15(12-23-17(14)11-13)20(16-5-3-4-10-22-16)30-19-7-2-1-6-18(19)25(28)29/h1-12,20,23-24H,(H,26,27). The summed E-state index contributed by atoms with van der Waals surface area (Å²) >= 11 is 1.35. The largest absolute Gasteiger partial charge is 0.465 e. The summed E-state index contributed by atoms with van der Waals surface area (Å²) in [6.07, 6.45) is 2.38. The first-order valence-electron chi connectivity index (χ1n) is 8.95. The number of fused-ring (bicyclic) bond motifs is 1. The van der Waals surface area contributed by atoms with Crippen molar-refractivity contribution in [3.05, 3.63) is 94.4 Å². The summed E-state index contributed by atoms with van der Waals surface area (Å²) in [6.45, 7) is 0. The molecule has 0 bridgehead atoms. The molecule has 0 aliphatic carbocycles. The third-order valence-corrected chi connectivity index (χ3v) is 5.84. The van der Waals surface area contributed by atoms with Gasteiger partial charge in [-0.1, -0.05) is 24.3 Å². The minimum absolute atomic E-state index is 0.0382. The molecule has 30 heavy (non-hydrogen) atoms. The molecule has 150 valence electrons. The Hall–Kier alpha value is -3.85. The van der Waals surface area contributed by atoms with Crippen molar-refractivity contribution in [2.24, 2.45) is 0 Å². The number of nitro groups is 1. The van der Waals surface area contributed by atoms with Gasteiger partial charge in [0.2, 0.25) is 0 Å². The van der Waals surface area contributed by atoms with E-state index >= 15 is 0 Å². The number of carbonyl (C=O) groups is 1. The van der Waals surface area contributed by atoms with Crippen LogP contribution >= 0.6 is 11.8 Å². The molecule has 0 aliphatic heterocycles. The lowest BCUT2D eigenvalue weighted by Gasteiger charge is -2.16. The fourth-order valence-corrected chi connectivity index (χ4v) is 4.47. The first-order valence-corrected chi connectivity index (χ1v) is 9.83. The molecule has 4 aromatic rings. The minimum atomic E-state index is -1.14. The molecule has 1 atom stereocenters. The van der Waals surface area contributed by atoms with E-state index in [-0.39, 0.29) is 10.9 Å². The molecule has 4 rings (SSSR count). The first-order chi connectivity index (χ1) is 14.5. The van der Waals surface area contributed by atoms with Crippen LogP contribution in [0.3, 0.4) is 0 Å². The van der Waals surface area contributed by atoms with Crippen molar-refractivity contribution in [2.45, 2.75) is 10.1 Å². The number of aromatic amines is 1. The molecule has 0 saturated carbocycles. The number of rotatable bonds is 6. The maximum absolute atomic E-state index is 11.5. The first kappa shape index (κ1) is 19.5. The zero-order valence-corrected chi connectivity index (χ0v) is 16.3. The second-order valence-electron chi connectivity index (χ2n) is 6.41. The second kappa shape index (κ2) is 8.26. The predicted molar refractivity (Wildman–Crippen MR) is 115 cm³/mol. The number of carboxylic acid groups (broad SMARTS) is 1. The van der Waals surface area contributed by atoms with Crippen LogP contribution < -0.4 is 5.32 Å². The van der Waals surface area contributed by atoms with Crippen molar-refractivity contribution in [3.63, 3.8) is 0 Å². The highest BCUT2D eigenvalue weighted by atomic mass is 32.2. The number of thioether (sulfide) groups is 1. The van der Waals surface area contributed by atoms with Crippen molar-refractivity contribution >= 4 is 40.1 Å². The second-order valence-corrected chi connectivity index (χ2v) is 7.56. The summed E-state index contributed by atoms with van der Waals surface area (Å²) in [6, 6.07) is 17.4. The van der Waals surface area contributed by atoms with Gasteiger partial charge in [-0.2, -0.15) is 0 Å². The molecule has 0 aliphatic rings. The molecule has 1 amide bonds. The minimum Gasteiger partial charge on any atom is -0.465 e. The van der Waals surface area contributed by atoms with E-state index in [1.807, 2.05) is 30.5 Å². The van der Waals surface area contributed by atoms with Crippen molar-refractivity contribution in [2.75, 3.05) is 5.32 Å². The van der Waals surface area contributed by atoms with Crippen LogP contribution in [0.5, 0.6) is 0 Å². The molecule has 2 aromatic carbocycles. The van der Waals surface area contributed by atoms with E-state index in [0.29, 0.717) is 10.6 Å². The third-order valence-electron chi connectivity index (χ3n) is 4.51. The molecule has 9 heteroatoms. The Labute approximate surface area is 175 Å². The van der Waals surface area contributed by atoms with Crippen molar-refractivity contribution in [1.29, 1.82) is 0 Å². The van der Waals surface area contributed by atoms with Gasteiger partial charge < -0.3 is 10.1 Å². The Bertz CT molecular complexity index is 1230. The van der Waals surface area contributed by atoms with E-state index in [1.54, 1.807) is 36.5 Å². The molecule has 2 aromatic heterocycles. The smallest absolute Gasteiger partial charge is 0.409 e. The zero-order valence-electron chi connectivity index (χ0n) is 15.5. The van der Waals surface area contributed by atoms with E-state index in [1.165, 1.54) is 17.8 Å². The third kappa shape index (κ3) is 3.96. The van der Waals surface area contributed by atoms with Crippen LogP contribution in [0, 0.1) is 10.1 Å². The SMILES string of the molecule is O=C(O)Nc1ccc2c(C(Sc3ccccc3[N+](=O)[O-])c3ccccn3)c[nH]c2c1. The van der Waals surface area contributed by atoms with Gasteiger partial charge in [-0.3, -0.25) is 20.4 Å². The molecule has 0 spiro atoms. The lowest BCUT2D eigenvalue weighted by atomic mass is 10.1. The molecule has 0 radical (unpaired) electrons. The number of benzene rings is 2. The summed E-state index contributed by atoms with van der Waals surface area (Å²) in [4.78, 5) is 30.2. The van der Waals surface area contributed by atoms with Gasteiger partial charge in [-0.15, -0.1) is 11.8 Å². The van der Waals surface area contributed by atoms with Gasteiger partial charge in [0, 0.05) is 35.1 Å². The topological polar surface area (TPSA) is 121 Å². The highest BCUT2D eigenvalue weighted by Gasteiger charge is 2.24. The number of para-hydroxylation sites is 1. The monoisotopic (exact) mass is 420 g/mol. The van der Waals surface area contributed by atoms with Gasteiger partial charge in [0.1, 0.15) is 0 Å². The number of pyridine rings is 1. The number of hydrogen-bond acceptors (Lipinski definition) is 5. The fourth-order valence-electron chi connectivity index (χ4n) is 3.22. The average Bonchev–Trinajstić information content (AvgIpc) is 3.15. The van der Waals surface area contributed by atoms with Gasteiger partial charge in [-0.25, -0.2) is 4.79 Å². The number of nitrogens with one attached hydrogen (secondary N) is 2. The van der Waals surface area contributed by atoms with Crippen LogP contribution in [0.2, 0.25) is 0 Å². The summed E-state index contributed by atoms with van der Waals surface area (Å²) in [7, 11) is 0. The Morgan fingerprint density at radius 2 is 1.97 bits per heavy atom. The number of anilines is 1. The summed E-state index contributed by atoms with van der Waals surface area (Å²) in [5, 5.41) is 23.3. The molecule has 8 nitrogen and oxygen atoms in total. The molecule has 0 saturated heterocycles. The summed E-state index contributed by atoms with van der Waals surface area (Å²) < 4.78 is 0. The highest BCUT2D eigenvalue weighted by Crippen LogP contribution is 2.45. The van der Waals surface area contributed by atoms with Crippen molar-refractivity contribution in [1.82, 2.24) is 9.97 Å². The van der Waals surface area contributed by atoms with Crippen molar-refractivity contribution in [3.8, 4) is 0 Å². The van der Waals surface area contributed by atoms with Crippen LogP contribution in [0.25, 0.3) is 10.9 Å². The fraction of sp³-hybridized carbons (Fsp3) is 0.0476. The lowest BCUT2D eigenvalue weighted by molar-refractivity contribution is -0.387. The van der Waals surface area contributed by atoms with Crippen LogP contribution in [-0.2, 0) is 0 Å². The highest BCUT2D eigenvalue weighted by molar-refractivity contribution is 7.99. The van der Waals surface area contributed by atoms with Gasteiger partial charge in [0.25, 0.3) is 5.69 Å². The van der Waals surface area contributed by atoms with Gasteiger partial charge >= 0.3 is 6.09 Å². The average molecular weight is 420 g/mol. The number of aromatic nitrogens is 2.